The molecule has 0 bridgehead atoms. The summed E-state index contributed by atoms with van der Waals surface area (Å²) in [5.74, 6) is 0.587. The molecule has 2 aromatic heterocycles. The largest absolute Gasteiger partial charge is 0.335 e. The fourth-order valence-electron chi connectivity index (χ4n) is 3.54. The van der Waals surface area contributed by atoms with Crippen molar-refractivity contribution in [1.82, 2.24) is 24.1 Å². The van der Waals surface area contributed by atoms with E-state index in [9.17, 15) is 9.59 Å². The van der Waals surface area contributed by atoms with Crippen molar-refractivity contribution in [3.05, 3.63) is 95.8 Å². The molecule has 0 spiro atoms. The molecule has 0 atom stereocenters. The molecule has 32 heavy (non-hydrogen) atoms. The van der Waals surface area contributed by atoms with E-state index in [-0.39, 0.29) is 17.2 Å². The van der Waals surface area contributed by atoms with Gasteiger partial charge in [0, 0.05) is 13.1 Å². The number of thioether (sulfide) groups is 1. The summed E-state index contributed by atoms with van der Waals surface area (Å²) in [7, 11) is 0. The molecule has 0 fully saturated rings. The average molecular weight is 446 g/mol. The van der Waals surface area contributed by atoms with E-state index in [4.69, 9.17) is 0 Å². The second-order valence-electron chi connectivity index (χ2n) is 7.18. The Morgan fingerprint density at radius 2 is 1.69 bits per heavy atom. The molecule has 4 rings (SSSR count). The quantitative estimate of drug-likeness (QED) is 0.292. The topological polar surface area (TPSA) is 72.5 Å². The Balaban J connectivity index is 1.75. The van der Waals surface area contributed by atoms with Crippen LogP contribution in [0.3, 0.4) is 0 Å². The van der Waals surface area contributed by atoms with E-state index >= 15 is 0 Å². The lowest BCUT2D eigenvalue weighted by atomic mass is 10.2. The second-order valence-corrected chi connectivity index (χ2v) is 8.12. The summed E-state index contributed by atoms with van der Waals surface area (Å²) >= 11 is 1.29. The number of carbonyl (C=O) groups is 1. The Bertz CT molecular complexity index is 1330. The SMILES string of the molecule is C=CCN(CC=C)C(=O)CSc1nnc2n(Cc3ccccc3)c(=O)c3ccccc3n12. The van der Waals surface area contributed by atoms with Gasteiger partial charge in [0.2, 0.25) is 11.7 Å². The lowest BCUT2D eigenvalue weighted by Gasteiger charge is -2.18. The minimum atomic E-state index is -0.125. The van der Waals surface area contributed by atoms with Crippen molar-refractivity contribution in [3.63, 3.8) is 0 Å². The van der Waals surface area contributed by atoms with E-state index in [0.29, 0.717) is 41.5 Å². The van der Waals surface area contributed by atoms with Crippen molar-refractivity contribution in [2.75, 3.05) is 18.8 Å². The zero-order chi connectivity index (χ0) is 22.5. The molecular weight excluding hydrogens is 422 g/mol. The summed E-state index contributed by atoms with van der Waals surface area (Å²) in [4.78, 5) is 27.6. The third kappa shape index (κ3) is 4.22. The highest BCUT2D eigenvalue weighted by atomic mass is 32.2. The molecular formula is C24H23N5O2S. The maximum Gasteiger partial charge on any atom is 0.263 e. The van der Waals surface area contributed by atoms with Gasteiger partial charge in [0.25, 0.3) is 5.56 Å². The van der Waals surface area contributed by atoms with Crippen LogP contribution in [-0.2, 0) is 11.3 Å². The first-order chi connectivity index (χ1) is 15.6. The molecule has 0 unspecified atom stereocenters. The molecule has 0 saturated carbocycles. The van der Waals surface area contributed by atoms with Crippen molar-refractivity contribution in [1.29, 1.82) is 0 Å². The molecule has 8 heteroatoms. The van der Waals surface area contributed by atoms with Gasteiger partial charge < -0.3 is 4.90 Å². The van der Waals surface area contributed by atoms with Crippen LogP contribution in [0, 0.1) is 0 Å². The van der Waals surface area contributed by atoms with Crippen LogP contribution in [0.5, 0.6) is 0 Å². The second kappa shape index (κ2) is 9.65. The van der Waals surface area contributed by atoms with Crippen molar-refractivity contribution in [2.24, 2.45) is 0 Å². The fourth-order valence-corrected chi connectivity index (χ4v) is 4.39. The predicted octanol–water partition coefficient (Wildman–Crippen LogP) is 3.39. The van der Waals surface area contributed by atoms with Crippen molar-refractivity contribution in [2.45, 2.75) is 11.7 Å². The van der Waals surface area contributed by atoms with Crippen molar-refractivity contribution in [3.8, 4) is 0 Å². The van der Waals surface area contributed by atoms with Gasteiger partial charge in [-0.25, -0.2) is 0 Å². The minimum Gasteiger partial charge on any atom is -0.335 e. The van der Waals surface area contributed by atoms with Crippen LogP contribution in [0.25, 0.3) is 16.7 Å². The number of nitrogens with zero attached hydrogens (tertiary/aromatic N) is 5. The Morgan fingerprint density at radius 1 is 1.00 bits per heavy atom. The maximum absolute atomic E-state index is 13.3. The average Bonchev–Trinajstić information content (AvgIpc) is 3.25. The summed E-state index contributed by atoms with van der Waals surface area (Å²) in [6, 6.07) is 17.1. The smallest absolute Gasteiger partial charge is 0.263 e. The summed E-state index contributed by atoms with van der Waals surface area (Å²) < 4.78 is 3.47. The third-order valence-corrected chi connectivity index (χ3v) is 5.95. The standard InChI is InChI=1S/C24H23N5O2S/c1-3-14-27(15-4-2)21(30)17-32-24-26-25-23-28(16-18-10-6-5-7-11-18)22(31)19-12-8-9-13-20(19)29(23)24/h3-13H,1-2,14-17H2. The van der Waals surface area contributed by atoms with Gasteiger partial charge in [-0.15, -0.1) is 23.4 Å². The molecule has 162 valence electrons. The summed E-state index contributed by atoms with van der Waals surface area (Å²) in [6.07, 6.45) is 3.38. The zero-order valence-corrected chi connectivity index (χ0v) is 18.4. The first kappa shape index (κ1) is 21.6. The molecule has 2 aromatic carbocycles. The minimum absolute atomic E-state index is 0.0477. The van der Waals surface area contributed by atoms with Gasteiger partial charge in [0.15, 0.2) is 5.16 Å². The zero-order valence-electron chi connectivity index (χ0n) is 17.6. The Morgan fingerprint density at radius 3 is 2.41 bits per heavy atom. The van der Waals surface area contributed by atoms with Crippen LogP contribution in [0.4, 0.5) is 0 Å². The summed E-state index contributed by atoms with van der Waals surface area (Å²) in [5, 5.41) is 9.77. The lowest BCUT2D eigenvalue weighted by Crippen LogP contribution is -2.32. The molecule has 7 nitrogen and oxygen atoms in total. The van der Waals surface area contributed by atoms with Crippen LogP contribution < -0.4 is 5.56 Å². The molecule has 1 amide bonds. The number of para-hydroxylation sites is 1. The number of hydrogen-bond acceptors (Lipinski definition) is 5. The van der Waals surface area contributed by atoms with E-state index in [1.807, 2.05) is 52.9 Å². The Kier molecular flexibility index (Phi) is 6.51. The molecule has 0 aliphatic carbocycles. The van der Waals surface area contributed by atoms with E-state index in [1.165, 1.54) is 11.8 Å². The molecule has 2 heterocycles. The highest BCUT2D eigenvalue weighted by Crippen LogP contribution is 2.22. The van der Waals surface area contributed by atoms with Crippen LogP contribution in [-0.4, -0.2) is 48.8 Å². The molecule has 0 N–H and O–H groups in total. The molecule has 0 aliphatic rings. The van der Waals surface area contributed by atoms with Gasteiger partial charge in [0.05, 0.1) is 23.2 Å². The van der Waals surface area contributed by atoms with Crippen LogP contribution >= 0.6 is 11.8 Å². The number of amides is 1. The monoisotopic (exact) mass is 445 g/mol. The van der Waals surface area contributed by atoms with Crippen LogP contribution in [0.2, 0.25) is 0 Å². The van der Waals surface area contributed by atoms with Crippen molar-refractivity contribution >= 4 is 34.3 Å². The normalized spacial score (nSPS) is 11.0. The first-order valence-corrected chi connectivity index (χ1v) is 11.2. The third-order valence-electron chi connectivity index (χ3n) is 5.04. The van der Waals surface area contributed by atoms with Gasteiger partial charge in [0.1, 0.15) is 0 Å². The highest BCUT2D eigenvalue weighted by molar-refractivity contribution is 7.99. The van der Waals surface area contributed by atoms with Gasteiger partial charge in [-0.05, 0) is 17.7 Å². The number of hydrogen-bond donors (Lipinski definition) is 0. The lowest BCUT2D eigenvalue weighted by molar-refractivity contribution is -0.127. The van der Waals surface area contributed by atoms with Crippen molar-refractivity contribution < 1.29 is 4.79 Å². The van der Waals surface area contributed by atoms with E-state index < -0.39 is 0 Å². The molecule has 0 aliphatic heterocycles. The van der Waals surface area contributed by atoms with E-state index in [0.717, 1.165) is 5.56 Å². The summed E-state index contributed by atoms with van der Waals surface area (Å²) in [6.45, 7) is 8.69. The Labute approximate surface area is 189 Å². The first-order valence-electron chi connectivity index (χ1n) is 10.2. The molecule has 0 radical (unpaired) electrons. The maximum atomic E-state index is 13.3. The predicted molar refractivity (Wildman–Crippen MR) is 128 cm³/mol. The molecule has 4 aromatic rings. The van der Waals surface area contributed by atoms with Gasteiger partial charge in [-0.1, -0.05) is 66.4 Å². The fraction of sp³-hybridized carbons (Fsp3) is 0.167. The number of fused-ring (bicyclic) bond motifs is 3. The number of benzene rings is 2. The number of rotatable bonds is 9. The summed E-state index contributed by atoms with van der Waals surface area (Å²) in [5.41, 5.74) is 1.58. The van der Waals surface area contributed by atoms with E-state index in [2.05, 4.69) is 23.4 Å². The number of carbonyl (C=O) groups excluding carboxylic acids is 1. The van der Waals surface area contributed by atoms with E-state index in [1.54, 1.807) is 27.7 Å². The van der Waals surface area contributed by atoms with Crippen LogP contribution in [0.1, 0.15) is 5.56 Å². The Hall–Kier alpha value is -3.65. The molecule has 0 saturated heterocycles. The number of aromatic nitrogens is 4. The van der Waals surface area contributed by atoms with Gasteiger partial charge >= 0.3 is 0 Å². The highest BCUT2D eigenvalue weighted by Gasteiger charge is 2.19. The van der Waals surface area contributed by atoms with Gasteiger partial charge in [-0.3, -0.25) is 18.6 Å². The van der Waals surface area contributed by atoms with Crippen LogP contribution in [0.15, 0.2) is 89.9 Å². The van der Waals surface area contributed by atoms with Gasteiger partial charge in [-0.2, -0.15) is 0 Å².